The number of primary amides is 1. The van der Waals surface area contributed by atoms with Gasteiger partial charge in [-0.25, -0.2) is 13.6 Å². The third-order valence-corrected chi connectivity index (χ3v) is 1.87. The first kappa shape index (κ1) is 13.0. The third kappa shape index (κ3) is 4.56. The van der Waals surface area contributed by atoms with Gasteiger partial charge in [-0.3, -0.25) is 10.1 Å². The van der Waals surface area contributed by atoms with Gasteiger partial charge in [0, 0.05) is 12.1 Å². The molecule has 17 heavy (non-hydrogen) atoms. The zero-order chi connectivity index (χ0) is 12.8. The number of imide groups is 1. The Hall–Kier alpha value is -2.02. The van der Waals surface area contributed by atoms with Gasteiger partial charge in [-0.05, 0) is 18.2 Å². The summed E-state index contributed by atoms with van der Waals surface area (Å²) in [7, 11) is 0. The van der Waals surface area contributed by atoms with E-state index in [1.54, 1.807) is 0 Å². The minimum absolute atomic E-state index is 0.0320. The maximum atomic E-state index is 13.1. The van der Waals surface area contributed by atoms with Crippen molar-refractivity contribution in [3.63, 3.8) is 0 Å². The second-order valence-electron chi connectivity index (χ2n) is 3.25. The summed E-state index contributed by atoms with van der Waals surface area (Å²) in [6.45, 7) is -0.255. The topological polar surface area (TPSA) is 84.2 Å². The van der Waals surface area contributed by atoms with E-state index in [0.29, 0.717) is 0 Å². The number of rotatable bonds is 4. The molecule has 0 unspecified atom stereocenters. The van der Waals surface area contributed by atoms with Crippen molar-refractivity contribution >= 4 is 11.9 Å². The van der Waals surface area contributed by atoms with E-state index >= 15 is 0 Å². The van der Waals surface area contributed by atoms with Crippen LogP contribution in [0.3, 0.4) is 0 Å². The average Bonchev–Trinajstić information content (AvgIpc) is 2.22. The van der Waals surface area contributed by atoms with Gasteiger partial charge in [0.1, 0.15) is 11.6 Å². The molecule has 3 amide bonds. The molecule has 0 aromatic heterocycles. The molecule has 0 aliphatic heterocycles. The molecule has 0 radical (unpaired) electrons. The van der Waals surface area contributed by atoms with Crippen LogP contribution in [0.4, 0.5) is 13.6 Å². The average molecular weight is 243 g/mol. The Bertz CT molecular complexity index is 438. The molecule has 92 valence electrons. The highest BCUT2D eigenvalue weighted by Gasteiger charge is 2.06. The molecule has 0 atom stereocenters. The molecule has 0 heterocycles. The minimum atomic E-state index is -0.964. The Labute approximate surface area is 96.0 Å². The van der Waals surface area contributed by atoms with Crippen molar-refractivity contribution in [2.24, 2.45) is 5.73 Å². The lowest BCUT2D eigenvalue weighted by atomic mass is 10.2. The van der Waals surface area contributed by atoms with Gasteiger partial charge in [-0.1, -0.05) is 0 Å². The lowest BCUT2D eigenvalue weighted by Crippen LogP contribution is -2.40. The molecular weight excluding hydrogens is 232 g/mol. The summed E-state index contributed by atoms with van der Waals surface area (Å²) >= 11 is 0. The first-order chi connectivity index (χ1) is 7.99. The zero-order valence-corrected chi connectivity index (χ0v) is 8.80. The molecule has 0 spiro atoms. The Morgan fingerprint density at radius 3 is 2.65 bits per heavy atom. The molecule has 7 heteroatoms. The predicted octanol–water partition coefficient (Wildman–Crippen LogP) is 0.249. The van der Waals surface area contributed by atoms with Gasteiger partial charge in [0.15, 0.2) is 0 Å². The van der Waals surface area contributed by atoms with Gasteiger partial charge in [-0.2, -0.15) is 0 Å². The predicted molar refractivity (Wildman–Crippen MR) is 55.8 cm³/mol. The number of carbonyl (C=O) groups excluding carboxylic acids is 2. The van der Waals surface area contributed by atoms with E-state index in [0.717, 1.165) is 18.2 Å². The van der Waals surface area contributed by atoms with Crippen molar-refractivity contribution in [2.75, 3.05) is 6.54 Å². The molecular formula is C10H11F2N3O2. The van der Waals surface area contributed by atoms with E-state index < -0.39 is 23.6 Å². The molecule has 0 fully saturated rings. The van der Waals surface area contributed by atoms with Crippen LogP contribution in [0.25, 0.3) is 0 Å². The van der Waals surface area contributed by atoms with Crippen LogP contribution in [0.1, 0.15) is 5.56 Å². The number of hydrogen-bond acceptors (Lipinski definition) is 3. The summed E-state index contributed by atoms with van der Waals surface area (Å²) in [6, 6.07) is 2.05. The lowest BCUT2D eigenvalue weighted by Gasteiger charge is -2.05. The number of halogens is 2. The van der Waals surface area contributed by atoms with E-state index in [1.165, 1.54) is 0 Å². The maximum Gasteiger partial charge on any atom is 0.318 e. The summed E-state index contributed by atoms with van der Waals surface area (Å²) < 4.78 is 25.9. The highest BCUT2D eigenvalue weighted by Crippen LogP contribution is 2.08. The van der Waals surface area contributed by atoms with E-state index in [2.05, 4.69) is 5.32 Å². The summed E-state index contributed by atoms with van der Waals surface area (Å²) in [4.78, 5) is 21.2. The fourth-order valence-electron chi connectivity index (χ4n) is 1.17. The normalized spacial score (nSPS) is 10.0. The molecule has 0 saturated carbocycles. The molecule has 1 aromatic carbocycles. The molecule has 5 nitrogen and oxygen atoms in total. The molecule has 0 aliphatic rings. The van der Waals surface area contributed by atoms with E-state index in [-0.39, 0.29) is 18.7 Å². The van der Waals surface area contributed by atoms with Crippen LogP contribution < -0.4 is 16.4 Å². The first-order valence-corrected chi connectivity index (χ1v) is 4.73. The summed E-state index contributed by atoms with van der Waals surface area (Å²) in [5.41, 5.74) is 4.81. The number of nitrogens with two attached hydrogens (primary N) is 1. The van der Waals surface area contributed by atoms with Crippen molar-refractivity contribution in [3.8, 4) is 0 Å². The van der Waals surface area contributed by atoms with Crippen molar-refractivity contribution in [3.05, 3.63) is 35.4 Å². The Morgan fingerprint density at radius 1 is 1.29 bits per heavy atom. The van der Waals surface area contributed by atoms with Gasteiger partial charge in [0.05, 0.1) is 6.54 Å². The monoisotopic (exact) mass is 243 g/mol. The van der Waals surface area contributed by atoms with Gasteiger partial charge in [-0.15, -0.1) is 0 Å². The van der Waals surface area contributed by atoms with Crippen molar-refractivity contribution in [2.45, 2.75) is 6.54 Å². The Balaban J connectivity index is 2.43. The summed E-state index contributed by atoms with van der Waals surface area (Å²) in [5.74, 6) is -1.78. The van der Waals surface area contributed by atoms with Crippen LogP contribution >= 0.6 is 0 Å². The third-order valence-electron chi connectivity index (χ3n) is 1.87. The number of carbonyl (C=O) groups is 2. The van der Waals surface area contributed by atoms with Crippen molar-refractivity contribution < 1.29 is 18.4 Å². The van der Waals surface area contributed by atoms with Crippen molar-refractivity contribution in [1.82, 2.24) is 10.6 Å². The summed E-state index contributed by atoms with van der Waals surface area (Å²) in [5, 5.41) is 4.37. The van der Waals surface area contributed by atoms with Gasteiger partial charge < -0.3 is 11.1 Å². The second kappa shape index (κ2) is 5.90. The van der Waals surface area contributed by atoms with Gasteiger partial charge in [0.25, 0.3) is 0 Å². The number of benzene rings is 1. The molecule has 0 aliphatic carbocycles. The van der Waals surface area contributed by atoms with E-state index in [4.69, 9.17) is 5.73 Å². The van der Waals surface area contributed by atoms with Gasteiger partial charge in [0.2, 0.25) is 5.91 Å². The number of amides is 3. The molecule has 4 N–H and O–H groups in total. The van der Waals surface area contributed by atoms with E-state index in [9.17, 15) is 18.4 Å². The van der Waals surface area contributed by atoms with Gasteiger partial charge >= 0.3 is 6.03 Å². The fraction of sp³-hybridized carbons (Fsp3) is 0.200. The maximum absolute atomic E-state index is 13.1. The van der Waals surface area contributed by atoms with E-state index in [1.807, 2.05) is 5.32 Å². The number of nitrogens with one attached hydrogen (secondary N) is 2. The summed E-state index contributed by atoms with van der Waals surface area (Å²) in [6.07, 6.45) is 0. The Kier molecular flexibility index (Phi) is 4.53. The van der Waals surface area contributed by atoms with Crippen LogP contribution in [0.2, 0.25) is 0 Å². The molecule has 1 aromatic rings. The van der Waals surface area contributed by atoms with Crippen LogP contribution in [-0.2, 0) is 11.3 Å². The first-order valence-electron chi connectivity index (χ1n) is 4.73. The number of urea groups is 1. The molecule has 1 rings (SSSR count). The number of hydrogen-bond donors (Lipinski definition) is 3. The zero-order valence-electron chi connectivity index (χ0n) is 8.80. The smallest absolute Gasteiger partial charge is 0.318 e. The quantitative estimate of drug-likeness (QED) is 0.708. The van der Waals surface area contributed by atoms with Crippen molar-refractivity contribution in [1.29, 1.82) is 0 Å². The fourth-order valence-corrected chi connectivity index (χ4v) is 1.17. The standard InChI is InChI=1S/C10H11F2N3O2/c11-7-1-2-8(12)6(3-7)4-14-5-9(16)15-10(13)17/h1-3,14H,4-5H2,(H3,13,15,16,17). The SMILES string of the molecule is NC(=O)NC(=O)CNCc1cc(F)ccc1F. The second-order valence-corrected chi connectivity index (χ2v) is 3.25. The molecule has 0 bridgehead atoms. The van der Waals surface area contributed by atoms with Crippen LogP contribution in [0.5, 0.6) is 0 Å². The van der Waals surface area contributed by atoms with Crippen LogP contribution in [0.15, 0.2) is 18.2 Å². The highest BCUT2D eigenvalue weighted by atomic mass is 19.1. The largest absolute Gasteiger partial charge is 0.351 e. The lowest BCUT2D eigenvalue weighted by molar-refractivity contribution is -0.119. The molecule has 0 saturated heterocycles. The Morgan fingerprint density at radius 2 is 2.00 bits per heavy atom. The minimum Gasteiger partial charge on any atom is -0.351 e. The van der Waals surface area contributed by atoms with Crippen LogP contribution in [0, 0.1) is 11.6 Å². The highest BCUT2D eigenvalue weighted by molar-refractivity contribution is 5.94. The van der Waals surface area contributed by atoms with Crippen LogP contribution in [-0.4, -0.2) is 18.5 Å².